The second-order valence-electron chi connectivity index (χ2n) is 6.27. The van der Waals surface area contributed by atoms with Crippen LogP contribution in [-0.2, 0) is 10.0 Å². The van der Waals surface area contributed by atoms with Crippen molar-refractivity contribution in [2.24, 2.45) is 0 Å². The van der Waals surface area contributed by atoms with Gasteiger partial charge in [0, 0.05) is 11.4 Å². The Balaban J connectivity index is 1.95. The third-order valence-corrected chi connectivity index (χ3v) is 5.15. The molecule has 4 nitrogen and oxygen atoms in total. The molecule has 6 heteroatoms. The number of sulfonamides is 1. The second-order valence-corrected chi connectivity index (χ2v) is 8.45. The third-order valence-electron chi connectivity index (χ3n) is 4.20. The van der Waals surface area contributed by atoms with Crippen molar-refractivity contribution in [1.82, 2.24) is 4.72 Å². The minimum absolute atomic E-state index is 0.536. The molecule has 2 aliphatic rings. The smallest absolute Gasteiger partial charge is 0.212 e. The van der Waals surface area contributed by atoms with Gasteiger partial charge < -0.3 is 4.74 Å². The van der Waals surface area contributed by atoms with Crippen LogP contribution in [0.15, 0.2) is 41.5 Å². The molecule has 0 amide bonds. The Bertz CT molecular complexity index is 798. The number of rotatable bonds is 4. The summed E-state index contributed by atoms with van der Waals surface area (Å²) >= 11 is 5.99. The lowest BCUT2D eigenvalue weighted by Crippen LogP contribution is -2.52. The summed E-state index contributed by atoms with van der Waals surface area (Å²) in [6.45, 7) is 1.89. The summed E-state index contributed by atoms with van der Waals surface area (Å²) in [5.74, 6) is 0.622. The molecule has 0 aromatic heterocycles. The topological polar surface area (TPSA) is 55.4 Å². The normalized spacial score (nSPS) is 24.0. The molecule has 1 atom stereocenters. The highest BCUT2D eigenvalue weighted by Gasteiger charge is 2.38. The van der Waals surface area contributed by atoms with E-state index in [1.165, 1.54) is 11.1 Å². The minimum atomic E-state index is -3.43. The third kappa shape index (κ3) is 3.79. The number of ether oxygens (including phenoxy) is 1. The largest absolute Gasteiger partial charge is 0.468 e. The van der Waals surface area contributed by atoms with E-state index in [1.54, 1.807) is 18.2 Å². The van der Waals surface area contributed by atoms with E-state index >= 15 is 0 Å². The number of nitrogens with one attached hydrogen (secondary N) is 1. The maximum Gasteiger partial charge on any atom is 0.212 e. The lowest BCUT2D eigenvalue weighted by Gasteiger charge is -2.35. The zero-order valence-corrected chi connectivity index (χ0v) is 14.8. The number of hydrogen-bond donors (Lipinski definition) is 1. The Morgan fingerprint density at radius 3 is 2.78 bits per heavy atom. The fourth-order valence-corrected chi connectivity index (χ4v) is 4.28. The predicted molar refractivity (Wildman–Crippen MR) is 92.2 cm³/mol. The lowest BCUT2D eigenvalue weighted by molar-refractivity contribution is 0.105. The molecule has 1 unspecified atom stereocenters. The highest BCUT2D eigenvalue weighted by molar-refractivity contribution is 7.88. The summed E-state index contributed by atoms with van der Waals surface area (Å²) in [7, 11) is -3.43. The number of hydrogen-bond acceptors (Lipinski definition) is 3. The Morgan fingerprint density at radius 2 is 2.09 bits per heavy atom. The number of benzene rings is 1. The van der Waals surface area contributed by atoms with E-state index in [9.17, 15) is 8.42 Å². The van der Waals surface area contributed by atoms with Crippen LogP contribution in [0.25, 0.3) is 0 Å². The summed E-state index contributed by atoms with van der Waals surface area (Å²) in [5.41, 5.74) is 2.38. The van der Waals surface area contributed by atoms with E-state index in [-0.39, 0.29) is 0 Å². The molecule has 1 N–H and O–H groups in total. The summed E-state index contributed by atoms with van der Waals surface area (Å²) in [4.78, 5) is 0. The molecule has 1 aromatic rings. The van der Waals surface area contributed by atoms with Gasteiger partial charge in [-0.15, -0.1) is 0 Å². The van der Waals surface area contributed by atoms with Gasteiger partial charge in [-0.25, -0.2) is 8.42 Å². The van der Waals surface area contributed by atoms with E-state index in [2.05, 4.69) is 4.72 Å². The SMILES string of the molecule is Cc1cc(Cl)ccc1OC1(NS(C)(=O)=O)C=CC2=C(CCC2)C1. The van der Waals surface area contributed by atoms with E-state index in [0.29, 0.717) is 17.2 Å². The molecule has 0 saturated carbocycles. The molecule has 0 aliphatic heterocycles. The molecule has 124 valence electrons. The molecule has 23 heavy (non-hydrogen) atoms. The number of halogens is 1. The first-order chi connectivity index (χ1) is 10.8. The number of aryl methyl sites for hydroxylation is 1. The van der Waals surface area contributed by atoms with E-state index in [1.807, 2.05) is 19.1 Å². The van der Waals surface area contributed by atoms with Gasteiger partial charge >= 0.3 is 0 Å². The molecule has 0 radical (unpaired) electrons. The van der Waals surface area contributed by atoms with Gasteiger partial charge in [0.25, 0.3) is 0 Å². The molecule has 0 spiro atoms. The first-order valence-corrected chi connectivity index (χ1v) is 9.88. The summed E-state index contributed by atoms with van der Waals surface area (Å²) in [6, 6.07) is 5.32. The fraction of sp³-hybridized carbons (Fsp3) is 0.412. The van der Waals surface area contributed by atoms with E-state index < -0.39 is 15.7 Å². The molecular weight excluding hydrogens is 334 g/mol. The fourth-order valence-electron chi connectivity index (χ4n) is 3.24. The molecule has 1 aromatic carbocycles. The van der Waals surface area contributed by atoms with Crippen molar-refractivity contribution in [2.45, 2.75) is 38.3 Å². The monoisotopic (exact) mass is 353 g/mol. The average molecular weight is 354 g/mol. The van der Waals surface area contributed by atoms with Gasteiger partial charge in [0.1, 0.15) is 5.75 Å². The van der Waals surface area contributed by atoms with Crippen molar-refractivity contribution in [3.63, 3.8) is 0 Å². The van der Waals surface area contributed by atoms with E-state index in [0.717, 1.165) is 31.1 Å². The minimum Gasteiger partial charge on any atom is -0.468 e. The lowest BCUT2D eigenvalue weighted by atomic mass is 9.93. The van der Waals surface area contributed by atoms with Crippen LogP contribution in [0.2, 0.25) is 5.02 Å². The molecule has 0 fully saturated rings. The summed E-state index contributed by atoms with van der Waals surface area (Å²) in [5, 5.41) is 0.625. The first kappa shape index (κ1) is 16.6. The maximum atomic E-state index is 11.9. The number of allylic oxidation sites excluding steroid dienone is 2. The van der Waals surface area contributed by atoms with Gasteiger partial charge in [0.15, 0.2) is 5.72 Å². The Morgan fingerprint density at radius 1 is 1.30 bits per heavy atom. The van der Waals surface area contributed by atoms with Crippen molar-refractivity contribution >= 4 is 21.6 Å². The van der Waals surface area contributed by atoms with Gasteiger partial charge in [-0.05, 0) is 61.6 Å². The summed E-state index contributed by atoms with van der Waals surface area (Å²) in [6.07, 6.45) is 8.68. The van der Waals surface area contributed by atoms with Crippen molar-refractivity contribution < 1.29 is 13.2 Å². The molecule has 3 rings (SSSR count). The van der Waals surface area contributed by atoms with Crippen LogP contribution in [0.1, 0.15) is 31.2 Å². The standard InChI is InChI=1S/C17H20ClNO3S/c1-12-10-15(18)6-7-16(12)22-17(19-23(2,20)21)9-8-13-4-3-5-14(13)11-17/h6-10,19H,3-5,11H2,1-2H3. The van der Waals surface area contributed by atoms with Crippen molar-refractivity contribution in [3.8, 4) is 5.75 Å². The van der Waals surface area contributed by atoms with Crippen LogP contribution in [0.3, 0.4) is 0 Å². The van der Waals surface area contributed by atoms with Gasteiger partial charge in [0.05, 0.1) is 6.26 Å². The average Bonchev–Trinajstić information content (AvgIpc) is 2.87. The highest BCUT2D eigenvalue weighted by Crippen LogP contribution is 2.39. The first-order valence-electron chi connectivity index (χ1n) is 7.61. The second kappa shape index (κ2) is 5.96. The van der Waals surface area contributed by atoms with Crippen LogP contribution in [-0.4, -0.2) is 20.4 Å². The highest BCUT2D eigenvalue weighted by atomic mass is 35.5. The van der Waals surface area contributed by atoms with Crippen molar-refractivity contribution in [3.05, 3.63) is 52.1 Å². The zero-order chi connectivity index (χ0) is 16.7. The molecule has 2 aliphatic carbocycles. The molecule has 0 bridgehead atoms. The van der Waals surface area contributed by atoms with Crippen LogP contribution in [0.5, 0.6) is 5.75 Å². The van der Waals surface area contributed by atoms with Gasteiger partial charge in [0.2, 0.25) is 10.0 Å². The summed E-state index contributed by atoms with van der Waals surface area (Å²) < 4.78 is 32.5. The Hall–Kier alpha value is -1.30. The van der Waals surface area contributed by atoms with Gasteiger partial charge in [-0.2, -0.15) is 4.72 Å². The molecular formula is C17H20ClNO3S. The molecule has 0 heterocycles. The van der Waals surface area contributed by atoms with Gasteiger partial charge in [-0.1, -0.05) is 23.3 Å². The predicted octanol–water partition coefficient (Wildman–Crippen LogP) is 3.71. The van der Waals surface area contributed by atoms with E-state index in [4.69, 9.17) is 16.3 Å². The Labute approximate surface area is 142 Å². The maximum absolute atomic E-state index is 11.9. The zero-order valence-electron chi connectivity index (χ0n) is 13.2. The van der Waals surface area contributed by atoms with Crippen LogP contribution < -0.4 is 9.46 Å². The van der Waals surface area contributed by atoms with Crippen molar-refractivity contribution in [1.29, 1.82) is 0 Å². The quantitative estimate of drug-likeness (QED) is 0.839. The van der Waals surface area contributed by atoms with Gasteiger partial charge in [-0.3, -0.25) is 0 Å². The van der Waals surface area contributed by atoms with Crippen molar-refractivity contribution in [2.75, 3.05) is 6.26 Å². The van der Waals surface area contributed by atoms with Crippen LogP contribution in [0.4, 0.5) is 0 Å². The Kier molecular flexibility index (Phi) is 4.29. The van der Waals surface area contributed by atoms with Crippen LogP contribution in [0, 0.1) is 6.92 Å². The van der Waals surface area contributed by atoms with Crippen LogP contribution >= 0.6 is 11.6 Å². The molecule has 0 saturated heterocycles.